The van der Waals surface area contributed by atoms with Gasteiger partial charge in [0, 0.05) is 11.0 Å². The van der Waals surface area contributed by atoms with E-state index in [4.69, 9.17) is 4.74 Å². The van der Waals surface area contributed by atoms with Crippen LogP contribution in [-0.2, 0) is 6.42 Å². The first-order valence-electron chi connectivity index (χ1n) is 9.14. The van der Waals surface area contributed by atoms with Crippen molar-refractivity contribution in [3.8, 4) is 5.75 Å². The van der Waals surface area contributed by atoms with Crippen LogP contribution in [0.3, 0.4) is 0 Å². The van der Waals surface area contributed by atoms with Crippen LogP contribution in [0, 0.1) is 0 Å². The fourth-order valence-electron chi connectivity index (χ4n) is 2.85. The lowest BCUT2D eigenvalue weighted by Gasteiger charge is -2.13. The van der Waals surface area contributed by atoms with Crippen molar-refractivity contribution in [2.75, 3.05) is 19.0 Å². The normalized spacial score (nSPS) is 10.3. The third kappa shape index (κ3) is 5.45. The first-order chi connectivity index (χ1) is 14.1. The van der Waals surface area contributed by atoms with Crippen LogP contribution in [0.25, 0.3) is 0 Å². The number of rotatable bonds is 7. The summed E-state index contributed by atoms with van der Waals surface area (Å²) in [7, 11) is 1.54. The lowest BCUT2D eigenvalue weighted by molar-refractivity contribution is 0.0955. The molecule has 5 nitrogen and oxygen atoms in total. The molecule has 3 aromatic carbocycles. The summed E-state index contributed by atoms with van der Waals surface area (Å²) in [5.41, 5.74) is 2.43. The van der Waals surface area contributed by atoms with E-state index < -0.39 is 0 Å². The van der Waals surface area contributed by atoms with Gasteiger partial charge in [-0.2, -0.15) is 0 Å². The van der Waals surface area contributed by atoms with E-state index in [1.807, 2.05) is 30.3 Å². The van der Waals surface area contributed by atoms with Gasteiger partial charge in [0.2, 0.25) is 0 Å². The largest absolute Gasteiger partial charge is 0.497 e. The Bertz CT molecular complexity index is 1010. The van der Waals surface area contributed by atoms with Gasteiger partial charge in [-0.15, -0.1) is 0 Å². The molecular formula is C23H21BrN2O3. The summed E-state index contributed by atoms with van der Waals surface area (Å²) in [6.45, 7) is 0.507. The van der Waals surface area contributed by atoms with Gasteiger partial charge in [-0.1, -0.05) is 42.5 Å². The molecule has 0 atom stereocenters. The molecule has 29 heavy (non-hydrogen) atoms. The maximum Gasteiger partial charge on any atom is 0.256 e. The Morgan fingerprint density at radius 2 is 1.62 bits per heavy atom. The van der Waals surface area contributed by atoms with E-state index in [9.17, 15) is 9.59 Å². The van der Waals surface area contributed by atoms with E-state index in [1.54, 1.807) is 49.6 Å². The Balaban J connectivity index is 1.70. The minimum absolute atomic E-state index is 0.235. The van der Waals surface area contributed by atoms with Gasteiger partial charge in [-0.05, 0) is 58.2 Å². The van der Waals surface area contributed by atoms with Crippen molar-refractivity contribution >= 4 is 33.4 Å². The molecule has 0 aliphatic heterocycles. The van der Waals surface area contributed by atoms with Crippen molar-refractivity contribution in [3.63, 3.8) is 0 Å². The number of carbonyl (C=O) groups excluding carboxylic acids is 2. The second-order valence-electron chi connectivity index (χ2n) is 6.34. The van der Waals surface area contributed by atoms with E-state index in [-0.39, 0.29) is 11.8 Å². The highest BCUT2D eigenvalue weighted by Gasteiger charge is 2.16. The maximum atomic E-state index is 12.7. The van der Waals surface area contributed by atoms with Crippen molar-refractivity contribution < 1.29 is 14.3 Å². The number of carbonyl (C=O) groups is 2. The van der Waals surface area contributed by atoms with E-state index >= 15 is 0 Å². The molecule has 0 radical (unpaired) electrons. The standard InChI is InChI=1S/C23H21BrN2O3/c1-29-17-11-12-20(24)19(15-17)23(28)26-21-10-6-5-9-18(21)22(27)25-14-13-16-7-3-2-4-8-16/h2-12,15H,13-14H2,1H3,(H,25,27)(H,26,28). The highest BCUT2D eigenvalue weighted by atomic mass is 79.9. The maximum absolute atomic E-state index is 12.7. The summed E-state index contributed by atoms with van der Waals surface area (Å²) in [4.78, 5) is 25.4. The Morgan fingerprint density at radius 3 is 2.38 bits per heavy atom. The summed E-state index contributed by atoms with van der Waals surface area (Å²) in [5, 5.41) is 5.73. The van der Waals surface area contributed by atoms with Gasteiger partial charge >= 0.3 is 0 Å². The number of ether oxygens (including phenoxy) is 1. The van der Waals surface area contributed by atoms with Gasteiger partial charge in [0.25, 0.3) is 11.8 Å². The van der Waals surface area contributed by atoms with Crippen LogP contribution in [0.2, 0.25) is 0 Å². The quantitative estimate of drug-likeness (QED) is 0.546. The van der Waals surface area contributed by atoms with Gasteiger partial charge in [0.05, 0.1) is 23.9 Å². The number of para-hydroxylation sites is 1. The summed E-state index contributed by atoms with van der Waals surface area (Å²) in [6.07, 6.45) is 0.734. The predicted molar refractivity (Wildman–Crippen MR) is 118 cm³/mol. The molecule has 0 saturated heterocycles. The molecule has 0 aromatic heterocycles. The number of benzene rings is 3. The van der Waals surface area contributed by atoms with E-state index in [2.05, 4.69) is 26.6 Å². The van der Waals surface area contributed by atoms with Crippen molar-refractivity contribution in [2.45, 2.75) is 6.42 Å². The fraction of sp³-hybridized carbons (Fsp3) is 0.130. The summed E-state index contributed by atoms with van der Waals surface area (Å²) in [5.74, 6) is 0.00661. The van der Waals surface area contributed by atoms with Crippen molar-refractivity contribution in [2.24, 2.45) is 0 Å². The molecule has 3 aromatic rings. The van der Waals surface area contributed by atoms with Gasteiger partial charge in [0.15, 0.2) is 0 Å². The Hall–Kier alpha value is -3.12. The number of anilines is 1. The number of halogens is 1. The molecule has 0 unspecified atom stereocenters. The van der Waals surface area contributed by atoms with Crippen LogP contribution in [0.5, 0.6) is 5.75 Å². The predicted octanol–water partition coefficient (Wildman–Crippen LogP) is 4.68. The van der Waals surface area contributed by atoms with Crippen molar-refractivity contribution in [1.82, 2.24) is 5.32 Å². The van der Waals surface area contributed by atoms with Crippen LogP contribution in [0.15, 0.2) is 77.3 Å². The van der Waals surface area contributed by atoms with Gasteiger partial charge in [0.1, 0.15) is 5.75 Å². The average molecular weight is 453 g/mol. The number of methoxy groups -OCH3 is 1. The van der Waals surface area contributed by atoms with E-state index in [1.165, 1.54) is 0 Å². The minimum Gasteiger partial charge on any atom is -0.497 e. The Labute approximate surface area is 178 Å². The van der Waals surface area contributed by atoms with Crippen LogP contribution >= 0.6 is 15.9 Å². The van der Waals surface area contributed by atoms with E-state index in [0.717, 1.165) is 12.0 Å². The topological polar surface area (TPSA) is 67.4 Å². The zero-order valence-electron chi connectivity index (χ0n) is 15.9. The molecule has 148 valence electrons. The van der Waals surface area contributed by atoms with Gasteiger partial charge in [-0.3, -0.25) is 9.59 Å². The lowest BCUT2D eigenvalue weighted by Crippen LogP contribution is -2.27. The molecule has 6 heteroatoms. The fourth-order valence-corrected chi connectivity index (χ4v) is 3.27. The van der Waals surface area contributed by atoms with Crippen molar-refractivity contribution in [3.05, 3.63) is 94.0 Å². The van der Waals surface area contributed by atoms with Crippen LogP contribution in [0.4, 0.5) is 5.69 Å². The molecule has 3 rings (SSSR count). The van der Waals surface area contributed by atoms with Gasteiger partial charge < -0.3 is 15.4 Å². The van der Waals surface area contributed by atoms with Crippen LogP contribution in [0.1, 0.15) is 26.3 Å². The summed E-state index contributed by atoms with van der Waals surface area (Å²) < 4.78 is 5.83. The second kappa shape index (κ2) is 9.89. The molecule has 0 aliphatic rings. The highest BCUT2D eigenvalue weighted by molar-refractivity contribution is 9.10. The van der Waals surface area contributed by atoms with E-state index in [0.29, 0.717) is 33.6 Å². The molecule has 0 heterocycles. The van der Waals surface area contributed by atoms with Crippen LogP contribution < -0.4 is 15.4 Å². The van der Waals surface area contributed by atoms with Crippen molar-refractivity contribution in [1.29, 1.82) is 0 Å². The smallest absolute Gasteiger partial charge is 0.256 e. The zero-order valence-corrected chi connectivity index (χ0v) is 17.5. The third-order valence-electron chi connectivity index (χ3n) is 4.38. The zero-order chi connectivity index (χ0) is 20.6. The number of hydrogen-bond donors (Lipinski definition) is 2. The molecule has 0 fully saturated rings. The molecule has 2 amide bonds. The average Bonchev–Trinajstić information content (AvgIpc) is 2.75. The first-order valence-corrected chi connectivity index (χ1v) is 9.94. The molecule has 0 bridgehead atoms. The monoisotopic (exact) mass is 452 g/mol. The number of hydrogen-bond acceptors (Lipinski definition) is 3. The Kier molecular flexibility index (Phi) is 7.03. The molecule has 2 N–H and O–H groups in total. The summed E-state index contributed by atoms with van der Waals surface area (Å²) in [6, 6.07) is 22.0. The molecule has 0 saturated carbocycles. The molecule has 0 spiro atoms. The minimum atomic E-state index is -0.333. The second-order valence-corrected chi connectivity index (χ2v) is 7.19. The SMILES string of the molecule is COc1ccc(Br)c(C(=O)Nc2ccccc2C(=O)NCCc2ccccc2)c1. The lowest BCUT2D eigenvalue weighted by atomic mass is 10.1. The first kappa shape index (κ1) is 20.6. The summed E-state index contributed by atoms with van der Waals surface area (Å²) >= 11 is 3.38. The van der Waals surface area contributed by atoms with Gasteiger partial charge in [-0.25, -0.2) is 0 Å². The Morgan fingerprint density at radius 1 is 0.897 bits per heavy atom. The molecular weight excluding hydrogens is 432 g/mol. The molecule has 0 aliphatic carbocycles. The van der Waals surface area contributed by atoms with Crippen LogP contribution in [-0.4, -0.2) is 25.5 Å². The number of nitrogens with one attached hydrogen (secondary N) is 2. The third-order valence-corrected chi connectivity index (χ3v) is 5.07. The number of amides is 2. The highest BCUT2D eigenvalue weighted by Crippen LogP contribution is 2.24.